The molecule has 0 bridgehead atoms. The van der Waals surface area contributed by atoms with Crippen LogP contribution in [0.4, 0.5) is 4.39 Å². The third-order valence-electron chi connectivity index (χ3n) is 2.33. The molecule has 15 heavy (non-hydrogen) atoms. The van der Waals surface area contributed by atoms with Gasteiger partial charge in [0.1, 0.15) is 17.7 Å². The van der Waals surface area contributed by atoms with Gasteiger partial charge in [0.25, 0.3) is 0 Å². The fraction of sp³-hybridized carbons (Fsp3) is 0.417. The van der Waals surface area contributed by atoms with Gasteiger partial charge in [-0.2, -0.15) is 0 Å². The quantitative estimate of drug-likeness (QED) is 0.714. The lowest BCUT2D eigenvalue weighted by Crippen LogP contribution is -2.25. The number of aldehydes is 1. The molecule has 2 nitrogen and oxygen atoms in total. The Hall–Kier alpha value is -1.38. The van der Waals surface area contributed by atoms with Gasteiger partial charge in [-0.25, -0.2) is 4.39 Å². The number of alkyl halides is 1. The summed E-state index contributed by atoms with van der Waals surface area (Å²) in [6, 6.07) is 6.91. The third kappa shape index (κ3) is 2.78. The van der Waals surface area contributed by atoms with Crippen molar-refractivity contribution in [3.05, 3.63) is 29.8 Å². The van der Waals surface area contributed by atoms with Crippen LogP contribution in [0.15, 0.2) is 24.3 Å². The molecule has 3 heteroatoms. The van der Waals surface area contributed by atoms with E-state index in [1.807, 2.05) is 0 Å². The summed E-state index contributed by atoms with van der Waals surface area (Å²) in [6.45, 7) is 2.79. The zero-order valence-electron chi connectivity index (χ0n) is 9.16. The summed E-state index contributed by atoms with van der Waals surface area (Å²) in [6.07, 6.45) is 0.634. The van der Waals surface area contributed by atoms with Crippen LogP contribution in [0.1, 0.15) is 25.3 Å². The molecule has 1 atom stereocenters. The molecule has 1 rings (SSSR count). The van der Waals surface area contributed by atoms with Crippen molar-refractivity contribution in [2.75, 3.05) is 7.11 Å². The van der Waals surface area contributed by atoms with Crippen LogP contribution in [-0.2, 0) is 4.79 Å². The molecule has 1 unspecified atom stereocenters. The highest BCUT2D eigenvalue weighted by Crippen LogP contribution is 2.31. The molecule has 0 saturated heterocycles. The summed E-state index contributed by atoms with van der Waals surface area (Å²) in [5.41, 5.74) is -0.925. The summed E-state index contributed by atoms with van der Waals surface area (Å²) < 4.78 is 18.7. The second-order valence-corrected chi connectivity index (χ2v) is 3.95. The average Bonchev–Trinajstić information content (AvgIpc) is 2.17. The van der Waals surface area contributed by atoms with E-state index in [2.05, 4.69) is 0 Å². The smallest absolute Gasteiger partial charge is 0.130 e. The highest BCUT2D eigenvalue weighted by atomic mass is 19.1. The molecule has 0 radical (unpaired) electrons. The maximum Gasteiger partial charge on any atom is 0.130 e. The molecule has 0 N–H and O–H groups in total. The van der Waals surface area contributed by atoms with E-state index >= 15 is 0 Å². The summed E-state index contributed by atoms with van der Waals surface area (Å²) in [5.74, 6) is -0.129. The minimum atomic E-state index is -1.56. The van der Waals surface area contributed by atoms with E-state index in [9.17, 15) is 9.18 Å². The second kappa shape index (κ2) is 4.43. The Morgan fingerprint density at radius 3 is 2.60 bits per heavy atom. The Bertz CT molecular complexity index is 342. The van der Waals surface area contributed by atoms with Gasteiger partial charge in [-0.15, -0.1) is 0 Å². The largest absolute Gasteiger partial charge is 0.497 e. The van der Waals surface area contributed by atoms with Crippen LogP contribution in [0, 0.1) is 0 Å². The lowest BCUT2D eigenvalue weighted by Gasteiger charge is -2.22. The molecule has 82 valence electrons. The van der Waals surface area contributed by atoms with Crippen molar-refractivity contribution < 1.29 is 13.9 Å². The van der Waals surface area contributed by atoms with Gasteiger partial charge in [-0.1, -0.05) is 12.1 Å². The van der Waals surface area contributed by atoms with Gasteiger partial charge in [-0.3, -0.25) is 0 Å². The van der Waals surface area contributed by atoms with Gasteiger partial charge in [0, 0.05) is 0 Å². The molecule has 0 aliphatic heterocycles. The van der Waals surface area contributed by atoms with Crippen molar-refractivity contribution in [1.29, 1.82) is 0 Å². The van der Waals surface area contributed by atoms with Crippen molar-refractivity contribution in [3.63, 3.8) is 0 Å². The molecule has 0 spiro atoms. The predicted molar refractivity (Wildman–Crippen MR) is 57.0 cm³/mol. The minimum Gasteiger partial charge on any atom is -0.497 e. The number of rotatable bonds is 4. The Kier molecular flexibility index (Phi) is 3.45. The van der Waals surface area contributed by atoms with Crippen molar-refractivity contribution >= 4 is 6.29 Å². The lowest BCUT2D eigenvalue weighted by atomic mass is 9.87. The molecule has 0 saturated carbocycles. The first-order chi connectivity index (χ1) is 6.99. The van der Waals surface area contributed by atoms with Crippen molar-refractivity contribution in [1.82, 2.24) is 0 Å². The van der Waals surface area contributed by atoms with Crippen molar-refractivity contribution in [3.8, 4) is 5.75 Å². The molecular formula is C12H15FO2. The molecule has 0 aliphatic carbocycles. The Morgan fingerprint density at radius 2 is 2.13 bits per heavy atom. The number of hydrogen-bond donors (Lipinski definition) is 0. The number of ether oxygens (including phenoxy) is 1. The Balaban J connectivity index is 3.07. The van der Waals surface area contributed by atoms with Crippen LogP contribution >= 0.6 is 0 Å². The van der Waals surface area contributed by atoms with E-state index in [0.717, 1.165) is 0 Å². The summed E-state index contributed by atoms with van der Waals surface area (Å²) in [5, 5.41) is 0. The van der Waals surface area contributed by atoms with Gasteiger partial charge in [0.05, 0.1) is 13.0 Å². The zero-order chi connectivity index (χ0) is 11.5. The Labute approximate surface area is 89.1 Å². The molecule has 0 fully saturated rings. The SMILES string of the molecule is COc1cccc(C(C=O)C(C)(C)F)c1. The van der Waals surface area contributed by atoms with Crippen LogP contribution in [0.5, 0.6) is 5.75 Å². The molecule has 1 aromatic rings. The van der Waals surface area contributed by atoms with E-state index in [4.69, 9.17) is 4.74 Å². The van der Waals surface area contributed by atoms with E-state index in [0.29, 0.717) is 17.6 Å². The predicted octanol–water partition coefficient (Wildman–Crippen LogP) is 2.73. The standard InChI is InChI=1S/C12H15FO2/c1-12(2,13)11(8-14)9-5-4-6-10(7-9)15-3/h4-8,11H,1-3H3. The van der Waals surface area contributed by atoms with Gasteiger partial charge in [0.2, 0.25) is 0 Å². The van der Waals surface area contributed by atoms with Crippen molar-refractivity contribution in [2.24, 2.45) is 0 Å². The Morgan fingerprint density at radius 1 is 1.47 bits per heavy atom. The van der Waals surface area contributed by atoms with E-state index < -0.39 is 11.6 Å². The number of carbonyl (C=O) groups excluding carboxylic acids is 1. The van der Waals surface area contributed by atoms with E-state index in [1.54, 1.807) is 24.3 Å². The van der Waals surface area contributed by atoms with Gasteiger partial charge >= 0.3 is 0 Å². The minimum absolute atomic E-state index is 0.628. The third-order valence-corrected chi connectivity index (χ3v) is 2.33. The molecule has 0 heterocycles. The monoisotopic (exact) mass is 210 g/mol. The van der Waals surface area contributed by atoms with Crippen LogP contribution < -0.4 is 4.74 Å². The van der Waals surface area contributed by atoms with Crippen LogP contribution in [0.2, 0.25) is 0 Å². The molecule has 0 amide bonds. The maximum atomic E-state index is 13.7. The maximum absolute atomic E-state index is 13.7. The van der Waals surface area contributed by atoms with Gasteiger partial charge in [-0.05, 0) is 31.5 Å². The molecular weight excluding hydrogens is 195 g/mol. The van der Waals surface area contributed by atoms with Gasteiger partial charge < -0.3 is 9.53 Å². The number of benzene rings is 1. The normalized spacial score (nSPS) is 13.3. The molecule has 0 aliphatic rings. The summed E-state index contributed by atoms with van der Waals surface area (Å²) >= 11 is 0. The number of carbonyl (C=O) groups is 1. The highest BCUT2D eigenvalue weighted by molar-refractivity contribution is 5.64. The zero-order valence-corrected chi connectivity index (χ0v) is 9.16. The summed E-state index contributed by atoms with van der Waals surface area (Å²) in [7, 11) is 1.54. The topological polar surface area (TPSA) is 26.3 Å². The fourth-order valence-corrected chi connectivity index (χ4v) is 1.47. The average molecular weight is 210 g/mol. The number of hydrogen-bond acceptors (Lipinski definition) is 2. The van der Waals surface area contributed by atoms with Crippen LogP contribution in [0.3, 0.4) is 0 Å². The van der Waals surface area contributed by atoms with E-state index in [1.165, 1.54) is 21.0 Å². The number of methoxy groups -OCH3 is 1. The first-order valence-electron chi connectivity index (χ1n) is 4.77. The van der Waals surface area contributed by atoms with E-state index in [-0.39, 0.29) is 0 Å². The lowest BCUT2D eigenvalue weighted by molar-refractivity contribution is -0.111. The summed E-state index contributed by atoms with van der Waals surface area (Å²) in [4.78, 5) is 10.9. The van der Waals surface area contributed by atoms with Crippen LogP contribution in [-0.4, -0.2) is 19.1 Å². The highest BCUT2D eigenvalue weighted by Gasteiger charge is 2.30. The molecule has 0 aromatic heterocycles. The first kappa shape index (κ1) is 11.7. The molecule has 1 aromatic carbocycles. The van der Waals surface area contributed by atoms with Crippen molar-refractivity contribution in [2.45, 2.75) is 25.4 Å². The second-order valence-electron chi connectivity index (χ2n) is 3.95. The number of halogens is 1. The van der Waals surface area contributed by atoms with Gasteiger partial charge in [0.15, 0.2) is 0 Å². The van der Waals surface area contributed by atoms with Crippen LogP contribution in [0.25, 0.3) is 0 Å². The fourth-order valence-electron chi connectivity index (χ4n) is 1.47. The first-order valence-corrected chi connectivity index (χ1v) is 4.77.